The molecule has 0 bridgehead atoms. The third-order valence-corrected chi connectivity index (χ3v) is 1.61. The average molecular weight is 208 g/mol. The highest BCUT2D eigenvalue weighted by Crippen LogP contribution is 2.23. The Balaban J connectivity index is 3.03. The summed E-state index contributed by atoms with van der Waals surface area (Å²) in [4.78, 5) is 10.7. The second-order valence-corrected chi connectivity index (χ2v) is 3.32. The molecule has 0 radical (unpaired) electrons. The third-order valence-electron chi connectivity index (χ3n) is 1.61. The van der Waals surface area contributed by atoms with E-state index in [1.54, 1.807) is 0 Å². The van der Waals surface area contributed by atoms with Crippen molar-refractivity contribution in [3.05, 3.63) is 23.8 Å². The predicted octanol–water partition coefficient (Wildman–Crippen LogP) is 2.58. The third kappa shape index (κ3) is 3.05. The van der Waals surface area contributed by atoms with Crippen LogP contribution in [-0.2, 0) is 0 Å². The summed E-state index contributed by atoms with van der Waals surface area (Å²) >= 11 is 0. The summed E-state index contributed by atoms with van der Waals surface area (Å²) in [6.07, 6.45) is 0. The molecule has 5 nitrogen and oxygen atoms in total. The number of aromatic hydroxyl groups is 1. The summed E-state index contributed by atoms with van der Waals surface area (Å²) in [6.45, 7) is 3.73. The van der Waals surface area contributed by atoms with Crippen LogP contribution in [0.4, 0.5) is 5.69 Å². The fourth-order valence-corrected chi connectivity index (χ4v) is 0.940. The summed E-state index contributed by atoms with van der Waals surface area (Å²) in [5.41, 5.74) is 0.245. The Bertz CT molecular complexity index is 400. The van der Waals surface area contributed by atoms with Gasteiger partial charge in [-0.15, -0.1) is 0 Å². The molecule has 0 aliphatic heterocycles. The summed E-state index contributed by atoms with van der Waals surface area (Å²) in [6, 6.07) is 4.13. The predicted molar refractivity (Wildman–Crippen MR) is 54.7 cm³/mol. The van der Waals surface area contributed by atoms with Gasteiger partial charge in [-0.05, 0) is 32.0 Å². The smallest absolute Gasteiger partial charge is 0.339 e. The van der Waals surface area contributed by atoms with Crippen molar-refractivity contribution in [3.8, 4) is 5.75 Å². The maximum absolute atomic E-state index is 10.7. The molecule has 0 heterocycles. The highest BCUT2D eigenvalue weighted by Gasteiger charge is 2.09. The number of nitrogens with zero attached hydrogens (tertiary/aromatic N) is 2. The van der Waals surface area contributed by atoms with Gasteiger partial charge in [-0.3, -0.25) is 0 Å². The van der Waals surface area contributed by atoms with Crippen LogP contribution in [0.3, 0.4) is 0 Å². The van der Waals surface area contributed by atoms with E-state index in [1.807, 2.05) is 13.8 Å². The number of hydrogen-bond donors (Lipinski definition) is 2. The van der Waals surface area contributed by atoms with Crippen molar-refractivity contribution in [3.63, 3.8) is 0 Å². The quantitative estimate of drug-likeness (QED) is 0.749. The van der Waals surface area contributed by atoms with Gasteiger partial charge in [0.1, 0.15) is 11.3 Å². The molecule has 1 aromatic rings. The van der Waals surface area contributed by atoms with Gasteiger partial charge in [0.2, 0.25) is 0 Å². The molecule has 1 rings (SSSR count). The van der Waals surface area contributed by atoms with Gasteiger partial charge in [-0.1, -0.05) is 0 Å². The van der Waals surface area contributed by atoms with Gasteiger partial charge in [0.25, 0.3) is 0 Å². The second kappa shape index (κ2) is 4.54. The van der Waals surface area contributed by atoms with Gasteiger partial charge in [-0.25, -0.2) is 4.79 Å². The van der Waals surface area contributed by atoms with Crippen molar-refractivity contribution in [1.29, 1.82) is 0 Å². The Hall–Kier alpha value is -1.91. The molecule has 2 N–H and O–H groups in total. The largest absolute Gasteiger partial charge is 0.507 e. The van der Waals surface area contributed by atoms with Crippen LogP contribution in [0.5, 0.6) is 5.75 Å². The van der Waals surface area contributed by atoms with Gasteiger partial charge in [0.15, 0.2) is 0 Å². The maximum atomic E-state index is 10.7. The summed E-state index contributed by atoms with van der Waals surface area (Å²) < 4.78 is 0. The summed E-state index contributed by atoms with van der Waals surface area (Å²) in [5, 5.41) is 25.7. The van der Waals surface area contributed by atoms with Crippen LogP contribution in [0.15, 0.2) is 28.4 Å². The Morgan fingerprint density at radius 2 is 2.07 bits per heavy atom. The molecule has 0 saturated carbocycles. The van der Waals surface area contributed by atoms with Gasteiger partial charge in [0.05, 0.1) is 11.7 Å². The first-order valence-corrected chi connectivity index (χ1v) is 4.48. The number of azo groups is 1. The van der Waals surface area contributed by atoms with Crippen molar-refractivity contribution < 1.29 is 15.0 Å². The van der Waals surface area contributed by atoms with Crippen LogP contribution >= 0.6 is 0 Å². The second-order valence-electron chi connectivity index (χ2n) is 3.32. The van der Waals surface area contributed by atoms with Crippen LogP contribution in [-0.4, -0.2) is 22.2 Å². The average Bonchev–Trinajstić information content (AvgIpc) is 2.16. The van der Waals surface area contributed by atoms with E-state index in [4.69, 9.17) is 5.11 Å². The molecule has 15 heavy (non-hydrogen) atoms. The number of carboxylic acid groups (broad SMARTS) is 1. The number of rotatable bonds is 3. The zero-order valence-corrected chi connectivity index (χ0v) is 8.51. The SMILES string of the molecule is CC(C)N=Nc1ccc(O)c(C(=O)O)c1. The van der Waals surface area contributed by atoms with Crippen LogP contribution in [0.25, 0.3) is 0 Å². The van der Waals surface area contributed by atoms with E-state index >= 15 is 0 Å². The molecule has 0 aliphatic carbocycles. The number of benzene rings is 1. The Morgan fingerprint density at radius 3 is 2.60 bits per heavy atom. The molecule has 0 aliphatic rings. The monoisotopic (exact) mass is 208 g/mol. The Morgan fingerprint density at radius 1 is 1.40 bits per heavy atom. The van der Waals surface area contributed by atoms with Crippen LogP contribution in [0.2, 0.25) is 0 Å². The Kier molecular flexibility index (Phi) is 3.38. The summed E-state index contributed by atoms with van der Waals surface area (Å²) in [7, 11) is 0. The molecular weight excluding hydrogens is 196 g/mol. The lowest BCUT2D eigenvalue weighted by molar-refractivity contribution is 0.0694. The fraction of sp³-hybridized carbons (Fsp3) is 0.300. The van der Waals surface area contributed by atoms with E-state index in [-0.39, 0.29) is 17.4 Å². The van der Waals surface area contributed by atoms with E-state index in [1.165, 1.54) is 18.2 Å². The lowest BCUT2D eigenvalue weighted by Gasteiger charge is -2.00. The lowest BCUT2D eigenvalue weighted by atomic mass is 10.2. The van der Waals surface area contributed by atoms with E-state index in [2.05, 4.69) is 10.2 Å². The van der Waals surface area contributed by atoms with Crippen molar-refractivity contribution in [2.24, 2.45) is 10.2 Å². The molecule has 0 fully saturated rings. The number of carboxylic acids is 1. The first kappa shape index (κ1) is 11.2. The van der Waals surface area contributed by atoms with E-state index in [9.17, 15) is 9.90 Å². The van der Waals surface area contributed by atoms with E-state index in [0.717, 1.165) is 0 Å². The first-order valence-electron chi connectivity index (χ1n) is 4.48. The zero-order valence-electron chi connectivity index (χ0n) is 8.51. The molecular formula is C10H12N2O3. The number of carbonyl (C=O) groups is 1. The number of phenols is 1. The minimum atomic E-state index is -1.19. The van der Waals surface area contributed by atoms with Gasteiger partial charge >= 0.3 is 5.97 Å². The van der Waals surface area contributed by atoms with Crippen molar-refractivity contribution in [2.75, 3.05) is 0 Å². The van der Waals surface area contributed by atoms with Gasteiger partial charge in [-0.2, -0.15) is 10.2 Å². The standard InChI is InChI=1S/C10H12N2O3/c1-6(2)11-12-7-3-4-9(13)8(5-7)10(14)15/h3-6,13H,1-2H3,(H,14,15). The van der Waals surface area contributed by atoms with Crippen molar-refractivity contribution in [1.82, 2.24) is 0 Å². The molecule has 0 amide bonds. The van der Waals surface area contributed by atoms with Gasteiger partial charge in [0, 0.05) is 0 Å². The number of hydrogen-bond acceptors (Lipinski definition) is 4. The highest BCUT2D eigenvalue weighted by molar-refractivity contribution is 5.91. The molecule has 0 atom stereocenters. The lowest BCUT2D eigenvalue weighted by Crippen LogP contribution is -1.95. The maximum Gasteiger partial charge on any atom is 0.339 e. The summed E-state index contributed by atoms with van der Waals surface area (Å²) in [5.74, 6) is -1.46. The van der Waals surface area contributed by atoms with Crippen molar-refractivity contribution in [2.45, 2.75) is 19.9 Å². The van der Waals surface area contributed by atoms with E-state index < -0.39 is 5.97 Å². The number of aromatic carboxylic acids is 1. The minimum absolute atomic E-state index is 0.0482. The van der Waals surface area contributed by atoms with Crippen LogP contribution < -0.4 is 0 Å². The molecule has 0 saturated heterocycles. The molecule has 5 heteroatoms. The first-order chi connectivity index (χ1) is 7.00. The van der Waals surface area contributed by atoms with Crippen LogP contribution in [0, 0.1) is 0 Å². The molecule has 0 unspecified atom stereocenters. The zero-order chi connectivity index (χ0) is 11.4. The molecule has 80 valence electrons. The van der Waals surface area contributed by atoms with Crippen molar-refractivity contribution >= 4 is 11.7 Å². The molecule has 1 aromatic carbocycles. The fourth-order valence-electron chi connectivity index (χ4n) is 0.940. The highest BCUT2D eigenvalue weighted by atomic mass is 16.4. The molecule has 0 spiro atoms. The van der Waals surface area contributed by atoms with Gasteiger partial charge < -0.3 is 10.2 Å². The topological polar surface area (TPSA) is 82.2 Å². The minimum Gasteiger partial charge on any atom is -0.507 e. The van der Waals surface area contributed by atoms with E-state index in [0.29, 0.717) is 5.69 Å². The molecule has 0 aromatic heterocycles. The normalized spacial score (nSPS) is 11.1. The van der Waals surface area contributed by atoms with Crippen LogP contribution in [0.1, 0.15) is 24.2 Å². The Labute approximate surface area is 87.1 Å².